The molecule has 2 amide bonds. The third-order valence-electron chi connectivity index (χ3n) is 6.21. The summed E-state index contributed by atoms with van der Waals surface area (Å²) in [5.74, 6) is -3.47. The molecule has 11 heteroatoms. The summed E-state index contributed by atoms with van der Waals surface area (Å²) in [7, 11) is 0. The molecule has 0 aromatic heterocycles. The Bertz CT molecular complexity index is 1100. The zero-order valence-electron chi connectivity index (χ0n) is 20.3. The number of carboxylic acids is 1. The lowest BCUT2D eigenvalue weighted by molar-refractivity contribution is -0.149. The Morgan fingerprint density at radius 1 is 0.973 bits per heavy atom. The van der Waals surface area contributed by atoms with E-state index in [0.717, 1.165) is 31.1 Å². The number of benzene rings is 2. The van der Waals surface area contributed by atoms with Gasteiger partial charge in [-0.15, -0.1) is 0 Å². The van der Waals surface area contributed by atoms with Crippen molar-refractivity contribution >= 4 is 53.5 Å². The third-order valence-corrected chi connectivity index (χ3v) is 6.86. The molecule has 0 spiro atoms. The lowest BCUT2D eigenvalue weighted by Gasteiger charge is -2.35. The highest BCUT2D eigenvalue weighted by atomic mass is 35.5. The van der Waals surface area contributed by atoms with Crippen molar-refractivity contribution in [1.82, 2.24) is 9.80 Å². The Kier molecular flexibility index (Phi) is 10.5. The monoisotopic (exact) mass is 547 g/mol. The summed E-state index contributed by atoms with van der Waals surface area (Å²) in [6.07, 6.45) is 0.342. The number of carbonyl (C=O) groups excluding carboxylic acids is 3. The van der Waals surface area contributed by atoms with Crippen LogP contribution in [0.15, 0.2) is 48.5 Å². The first-order valence-electron chi connectivity index (χ1n) is 11.9. The number of carboxylic acid groups (broad SMARTS) is 1. The molecular weight excluding hydrogens is 518 g/mol. The maximum Gasteiger partial charge on any atom is 0.372 e. The summed E-state index contributed by atoms with van der Waals surface area (Å²) in [5.41, 5.74) is 2.09. The second-order valence-electron chi connectivity index (χ2n) is 8.72. The minimum Gasteiger partial charge on any atom is -0.476 e. The van der Waals surface area contributed by atoms with E-state index in [0.29, 0.717) is 24.3 Å². The fraction of sp³-hybridized carbons (Fsp3) is 0.385. The molecule has 1 aliphatic heterocycles. The quantitative estimate of drug-likeness (QED) is 0.291. The molecule has 0 radical (unpaired) electrons. The van der Waals surface area contributed by atoms with Gasteiger partial charge in [0.1, 0.15) is 0 Å². The molecule has 2 N–H and O–H groups in total. The van der Waals surface area contributed by atoms with E-state index >= 15 is 0 Å². The van der Waals surface area contributed by atoms with Gasteiger partial charge in [0.15, 0.2) is 0 Å². The largest absolute Gasteiger partial charge is 0.476 e. The van der Waals surface area contributed by atoms with E-state index in [2.05, 4.69) is 17.5 Å². The molecule has 37 heavy (non-hydrogen) atoms. The minimum absolute atomic E-state index is 0.0670. The first-order valence-corrected chi connectivity index (χ1v) is 12.8. The van der Waals surface area contributed by atoms with Gasteiger partial charge in [-0.05, 0) is 48.4 Å². The smallest absolute Gasteiger partial charge is 0.372 e. The van der Waals surface area contributed by atoms with Crippen molar-refractivity contribution in [2.75, 3.05) is 50.8 Å². The van der Waals surface area contributed by atoms with E-state index in [4.69, 9.17) is 16.7 Å². The highest BCUT2D eigenvalue weighted by Gasteiger charge is 2.27. The lowest BCUT2D eigenvalue weighted by Crippen LogP contribution is -2.49. The van der Waals surface area contributed by atoms with Crippen LogP contribution in [-0.2, 0) is 20.8 Å². The summed E-state index contributed by atoms with van der Waals surface area (Å²) < 4.78 is 0. The van der Waals surface area contributed by atoms with Crippen LogP contribution in [0.5, 0.6) is 0 Å². The van der Waals surface area contributed by atoms with Crippen LogP contribution < -0.4 is 4.90 Å². The summed E-state index contributed by atoms with van der Waals surface area (Å²) in [6, 6.07) is 14.2. The third kappa shape index (κ3) is 8.03. The van der Waals surface area contributed by atoms with E-state index in [9.17, 15) is 24.3 Å². The highest BCUT2D eigenvalue weighted by Crippen LogP contribution is 2.20. The summed E-state index contributed by atoms with van der Waals surface area (Å²) in [5, 5.41) is 17.7. The zero-order valence-corrected chi connectivity index (χ0v) is 21.9. The van der Waals surface area contributed by atoms with Crippen molar-refractivity contribution in [1.29, 1.82) is 0 Å². The number of carbonyl (C=O) groups is 4. The second-order valence-corrected chi connectivity index (χ2v) is 9.78. The number of Topliss-reactive ketones (excluding diaryl/α,β-unsaturated/α-hetero) is 1. The van der Waals surface area contributed by atoms with Gasteiger partial charge in [-0.1, -0.05) is 23.7 Å². The van der Waals surface area contributed by atoms with Gasteiger partial charge >= 0.3 is 5.97 Å². The fourth-order valence-corrected chi connectivity index (χ4v) is 4.51. The molecule has 1 saturated heterocycles. The maximum absolute atomic E-state index is 13.0. The first-order chi connectivity index (χ1) is 17.7. The number of halogens is 1. The highest BCUT2D eigenvalue weighted by molar-refractivity contribution is 7.81. The van der Waals surface area contributed by atoms with Crippen LogP contribution in [-0.4, -0.2) is 94.7 Å². The minimum atomic E-state index is -1.63. The molecule has 2 aromatic rings. The number of nitrogens with zero attached hydrogens (tertiary/aromatic N) is 3. The Balaban J connectivity index is 1.55. The van der Waals surface area contributed by atoms with Crippen LogP contribution in [0.3, 0.4) is 0 Å². The van der Waals surface area contributed by atoms with Gasteiger partial charge in [0.05, 0.1) is 11.9 Å². The molecular formula is C26H30ClN3O6S. The molecule has 0 aliphatic carbocycles. The number of aliphatic hydroxyl groups is 1. The number of piperazine rings is 1. The Morgan fingerprint density at radius 2 is 1.59 bits per heavy atom. The van der Waals surface area contributed by atoms with Crippen molar-refractivity contribution in [2.24, 2.45) is 0 Å². The number of aliphatic carboxylic acids is 1. The number of amides is 2. The Morgan fingerprint density at radius 3 is 2.16 bits per heavy atom. The summed E-state index contributed by atoms with van der Waals surface area (Å²) in [6.45, 7) is 3.25. The number of aliphatic hydroxyl groups excluding tert-OH is 1. The molecule has 1 heterocycles. The van der Waals surface area contributed by atoms with Gasteiger partial charge in [0.2, 0.25) is 11.7 Å². The van der Waals surface area contributed by atoms with Gasteiger partial charge in [0, 0.05) is 62.0 Å². The molecule has 1 fully saturated rings. The topological polar surface area (TPSA) is 118 Å². The first kappa shape index (κ1) is 28.6. The van der Waals surface area contributed by atoms with E-state index in [-0.39, 0.29) is 19.1 Å². The number of hydrogen-bond acceptors (Lipinski definition) is 7. The van der Waals surface area contributed by atoms with Gasteiger partial charge in [0.25, 0.3) is 5.91 Å². The van der Waals surface area contributed by atoms with E-state index in [1.807, 2.05) is 24.3 Å². The van der Waals surface area contributed by atoms with Crippen molar-refractivity contribution < 1.29 is 29.4 Å². The molecule has 3 rings (SSSR count). The van der Waals surface area contributed by atoms with Crippen LogP contribution in [0.4, 0.5) is 5.69 Å². The van der Waals surface area contributed by atoms with Crippen molar-refractivity contribution in [3.05, 3.63) is 64.7 Å². The molecule has 9 nitrogen and oxygen atoms in total. The van der Waals surface area contributed by atoms with E-state index < -0.39 is 29.3 Å². The Hall–Kier alpha value is -2.92. The van der Waals surface area contributed by atoms with Crippen LogP contribution in [0.25, 0.3) is 0 Å². The molecule has 1 atom stereocenters. The Labute approximate surface area is 226 Å². The lowest BCUT2D eigenvalue weighted by atomic mass is 10.1. The van der Waals surface area contributed by atoms with Crippen molar-refractivity contribution in [3.63, 3.8) is 0 Å². The number of thiol groups is 1. The SMILES string of the molecule is O=C(O)C(=O)CC(S)C(=O)N(CCO)c1ccc(C(=O)N2CCN(CCc3ccc(Cl)cc3)CC2)cc1. The van der Waals surface area contributed by atoms with Crippen molar-refractivity contribution in [3.8, 4) is 0 Å². The summed E-state index contributed by atoms with van der Waals surface area (Å²) in [4.78, 5) is 53.4. The summed E-state index contributed by atoms with van der Waals surface area (Å²) >= 11 is 10.0. The molecule has 1 unspecified atom stereocenters. The van der Waals surface area contributed by atoms with Gasteiger partial charge in [-0.3, -0.25) is 19.3 Å². The zero-order chi connectivity index (χ0) is 26.9. The predicted molar refractivity (Wildman–Crippen MR) is 143 cm³/mol. The molecule has 2 aromatic carbocycles. The van der Waals surface area contributed by atoms with Gasteiger partial charge in [-0.25, -0.2) is 4.79 Å². The van der Waals surface area contributed by atoms with E-state index in [1.54, 1.807) is 29.2 Å². The average Bonchev–Trinajstić information content (AvgIpc) is 2.91. The molecule has 0 saturated carbocycles. The molecule has 198 valence electrons. The standard InChI is InChI=1S/C26H30ClN3O6S/c27-20-5-1-18(2-6-20)9-10-28-11-13-29(14-12-28)24(33)19-3-7-21(8-4-19)30(15-16-31)25(34)23(37)17-22(32)26(35)36/h1-8,23,31,37H,9-17H2,(H,35,36). The van der Waals surface area contributed by atoms with Crippen LogP contribution in [0, 0.1) is 0 Å². The number of hydrogen-bond donors (Lipinski definition) is 3. The number of rotatable bonds is 11. The fourth-order valence-electron chi connectivity index (χ4n) is 4.08. The van der Waals surface area contributed by atoms with Gasteiger partial charge in [-0.2, -0.15) is 12.6 Å². The average molecular weight is 548 g/mol. The predicted octanol–water partition coefficient (Wildman–Crippen LogP) is 2.01. The normalized spacial score (nSPS) is 14.7. The number of ketones is 1. The van der Waals surface area contributed by atoms with Crippen LogP contribution >= 0.6 is 24.2 Å². The van der Waals surface area contributed by atoms with Crippen LogP contribution in [0.1, 0.15) is 22.3 Å². The molecule has 0 bridgehead atoms. The second kappa shape index (κ2) is 13.6. The van der Waals surface area contributed by atoms with Gasteiger partial charge < -0.3 is 20.0 Å². The maximum atomic E-state index is 13.0. The van der Waals surface area contributed by atoms with Crippen LogP contribution in [0.2, 0.25) is 5.02 Å². The molecule has 1 aliphatic rings. The van der Waals surface area contributed by atoms with Crippen molar-refractivity contribution in [2.45, 2.75) is 18.1 Å². The number of anilines is 1. The van der Waals surface area contributed by atoms with E-state index in [1.165, 1.54) is 10.5 Å².